The molecule has 3 heteroatoms. The number of hydrogen-bond acceptors (Lipinski definition) is 2. The number of halogens is 1. The zero-order chi connectivity index (χ0) is 8.55. The van der Waals surface area contributed by atoms with Gasteiger partial charge in [-0.2, -0.15) is 12.6 Å². The Balaban J connectivity index is 2.37. The summed E-state index contributed by atoms with van der Waals surface area (Å²) in [7, 11) is 0. The van der Waals surface area contributed by atoms with Gasteiger partial charge in [0.15, 0.2) is 0 Å². The average molecular weight is 245 g/mol. The molecule has 0 bridgehead atoms. The van der Waals surface area contributed by atoms with E-state index in [1.807, 2.05) is 12.1 Å². The summed E-state index contributed by atoms with van der Waals surface area (Å²) in [5.74, 6) is 1.00. The number of benzene rings is 1. The molecule has 1 aromatic rings. The fourth-order valence-corrected chi connectivity index (χ4v) is 2.03. The minimum atomic E-state index is 0.340. The van der Waals surface area contributed by atoms with Crippen LogP contribution in [0.5, 0.6) is 5.75 Å². The third-order valence-electron chi connectivity index (χ3n) is 1.91. The molecule has 1 aliphatic rings. The van der Waals surface area contributed by atoms with E-state index in [0.29, 0.717) is 5.25 Å². The van der Waals surface area contributed by atoms with Crippen molar-refractivity contribution >= 4 is 28.6 Å². The Kier molecular flexibility index (Phi) is 2.33. The quantitative estimate of drug-likeness (QED) is 0.691. The van der Waals surface area contributed by atoms with Gasteiger partial charge in [-0.05, 0) is 30.2 Å². The predicted octanol–water partition coefficient (Wildman–Crippen LogP) is 2.68. The molecule has 1 nitrogen and oxygen atoms in total. The second-order valence-electron chi connectivity index (χ2n) is 2.92. The number of fused-ring (bicyclic) bond motifs is 1. The molecule has 1 atom stereocenters. The van der Waals surface area contributed by atoms with Crippen LogP contribution in [0, 0.1) is 0 Å². The zero-order valence-corrected chi connectivity index (χ0v) is 8.94. The smallest absolute Gasteiger partial charge is 0.122 e. The standard InChI is InChI=1S/C9H9BrOS/c10-7-1-2-9-6(3-7)4-8(12)5-11-9/h1-3,8,12H,4-5H2. The first-order chi connectivity index (χ1) is 5.75. The summed E-state index contributed by atoms with van der Waals surface area (Å²) in [5.41, 5.74) is 1.25. The Labute approximate surface area is 85.7 Å². The van der Waals surface area contributed by atoms with Crippen molar-refractivity contribution in [3.8, 4) is 5.75 Å². The predicted molar refractivity (Wildman–Crippen MR) is 56.1 cm³/mol. The molecular weight excluding hydrogens is 236 g/mol. The van der Waals surface area contributed by atoms with E-state index in [1.54, 1.807) is 0 Å². The molecule has 0 spiro atoms. The van der Waals surface area contributed by atoms with Crippen LogP contribution in [0.3, 0.4) is 0 Å². The van der Waals surface area contributed by atoms with Crippen molar-refractivity contribution in [2.24, 2.45) is 0 Å². The highest BCUT2D eigenvalue weighted by atomic mass is 79.9. The molecule has 1 aliphatic heterocycles. The van der Waals surface area contributed by atoms with Gasteiger partial charge in [0.25, 0.3) is 0 Å². The van der Waals surface area contributed by atoms with Gasteiger partial charge in [-0.25, -0.2) is 0 Å². The van der Waals surface area contributed by atoms with Crippen molar-refractivity contribution in [2.75, 3.05) is 6.61 Å². The summed E-state index contributed by atoms with van der Waals surface area (Å²) < 4.78 is 6.60. The maximum Gasteiger partial charge on any atom is 0.122 e. The van der Waals surface area contributed by atoms with Gasteiger partial charge in [0.1, 0.15) is 12.4 Å². The van der Waals surface area contributed by atoms with E-state index in [-0.39, 0.29) is 0 Å². The second kappa shape index (κ2) is 3.30. The molecule has 2 rings (SSSR count). The highest BCUT2D eigenvalue weighted by Gasteiger charge is 2.16. The third kappa shape index (κ3) is 1.62. The van der Waals surface area contributed by atoms with Gasteiger partial charge in [-0.15, -0.1) is 0 Å². The van der Waals surface area contributed by atoms with E-state index in [1.165, 1.54) is 5.56 Å². The summed E-state index contributed by atoms with van der Waals surface area (Å²) in [6.45, 7) is 0.720. The van der Waals surface area contributed by atoms with Gasteiger partial charge in [0.2, 0.25) is 0 Å². The highest BCUT2D eigenvalue weighted by Crippen LogP contribution is 2.28. The molecule has 0 saturated heterocycles. The lowest BCUT2D eigenvalue weighted by molar-refractivity contribution is 0.295. The van der Waals surface area contributed by atoms with E-state index >= 15 is 0 Å². The van der Waals surface area contributed by atoms with Crippen LogP contribution in [0.15, 0.2) is 22.7 Å². The van der Waals surface area contributed by atoms with Crippen LogP contribution >= 0.6 is 28.6 Å². The fraction of sp³-hybridized carbons (Fsp3) is 0.333. The minimum Gasteiger partial charge on any atom is -0.492 e. The van der Waals surface area contributed by atoms with Gasteiger partial charge in [-0.3, -0.25) is 0 Å². The topological polar surface area (TPSA) is 9.23 Å². The second-order valence-corrected chi connectivity index (χ2v) is 4.57. The van der Waals surface area contributed by atoms with Crippen molar-refractivity contribution in [1.29, 1.82) is 0 Å². The van der Waals surface area contributed by atoms with Crippen LogP contribution in [0.4, 0.5) is 0 Å². The molecule has 0 fully saturated rings. The maximum absolute atomic E-state index is 5.49. The lowest BCUT2D eigenvalue weighted by Crippen LogP contribution is -2.20. The molecule has 0 radical (unpaired) electrons. The van der Waals surface area contributed by atoms with Gasteiger partial charge >= 0.3 is 0 Å². The van der Waals surface area contributed by atoms with Crippen LogP contribution in [0.2, 0.25) is 0 Å². The monoisotopic (exact) mass is 244 g/mol. The first-order valence-electron chi connectivity index (χ1n) is 3.85. The van der Waals surface area contributed by atoms with Crippen LogP contribution in [0.1, 0.15) is 5.56 Å². The lowest BCUT2D eigenvalue weighted by atomic mass is 10.1. The largest absolute Gasteiger partial charge is 0.492 e. The van der Waals surface area contributed by atoms with Crippen molar-refractivity contribution in [3.63, 3.8) is 0 Å². The molecule has 0 amide bonds. The lowest BCUT2D eigenvalue weighted by Gasteiger charge is -2.21. The molecule has 12 heavy (non-hydrogen) atoms. The molecule has 1 heterocycles. The molecule has 1 aromatic carbocycles. The fourth-order valence-electron chi connectivity index (χ4n) is 1.35. The summed E-state index contributed by atoms with van der Waals surface area (Å²) in [6.07, 6.45) is 0.998. The van der Waals surface area contributed by atoms with Gasteiger partial charge < -0.3 is 4.74 Å². The van der Waals surface area contributed by atoms with Crippen molar-refractivity contribution in [2.45, 2.75) is 11.7 Å². The molecule has 0 saturated carbocycles. The van der Waals surface area contributed by atoms with Gasteiger partial charge in [0.05, 0.1) is 0 Å². The van der Waals surface area contributed by atoms with E-state index in [0.717, 1.165) is 23.2 Å². The molecule has 0 N–H and O–H groups in total. The summed E-state index contributed by atoms with van der Waals surface area (Å²) in [6, 6.07) is 6.09. The van der Waals surface area contributed by atoms with E-state index in [9.17, 15) is 0 Å². The SMILES string of the molecule is SC1COc2ccc(Br)cc2C1. The minimum absolute atomic E-state index is 0.340. The third-order valence-corrected chi connectivity index (χ3v) is 2.73. The zero-order valence-electron chi connectivity index (χ0n) is 6.46. The molecular formula is C9H9BrOS. The van der Waals surface area contributed by atoms with E-state index in [4.69, 9.17) is 4.74 Å². The molecule has 0 aliphatic carbocycles. The van der Waals surface area contributed by atoms with Crippen molar-refractivity contribution < 1.29 is 4.74 Å². The van der Waals surface area contributed by atoms with Crippen LogP contribution in [-0.4, -0.2) is 11.9 Å². The Morgan fingerprint density at radius 2 is 2.33 bits per heavy atom. The number of thiol groups is 1. The highest BCUT2D eigenvalue weighted by molar-refractivity contribution is 9.10. The molecule has 64 valence electrons. The first-order valence-corrected chi connectivity index (χ1v) is 5.16. The van der Waals surface area contributed by atoms with Crippen LogP contribution < -0.4 is 4.74 Å². The normalized spacial score (nSPS) is 21.3. The van der Waals surface area contributed by atoms with Crippen LogP contribution in [0.25, 0.3) is 0 Å². The molecule has 0 aromatic heterocycles. The van der Waals surface area contributed by atoms with E-state index in [2.05, 4.69) is 34.6 Å². The number of ether oxygens (including phenoxy) is 1. The summed E-state index contributed by atoms with van der Waals surface area (Å²) >= 11 is 7.81. The summed E-state index contributed by atoms with van der Waals surface area (Å²) in [4.78, 5) is 0. The number of rotatable bonds is 0. The van der Waals surface area contributed by atoms with Crippen molar-refractivity contribution in [1.82, 2.24) is 0 Å². The summed E-state index contributed by atoms with van der Waals surface area (Å²) in [5, 5.41) is 0.340. The maximum atomic E-state index is 5.49. The Morgan fingerprint density at radius 3 is 3.17 bits per heavy atom. The van der Waals surface area contributed by atoms with Crippen molar-refractivity contribution in [3.05, 3.63) is 28.2 Å². The Morgan fingerprint density at radius 1 is 1.50 bits per heavy atom. The van der Waals surface area contributed by atoms with Gasteiger partial charge in [-0.1, -0.05) is 15.9 Å². The van der Waals surface area contributed by atoms with Gasteiger partial charge in [0, 0.05) is 9.72 Å². The van der Waals surface area contributed by atoms with Crippen LogP contribution in [-0.2, 0) is 6.42 Å². The average Bonchev–Trinajstić information content (AvgIpc) is 2.03. The Bertz CT molecular complexity index is 301. The first kappa shape index (κ1) is 8.45. The molecule has 1 unspecified atom stereocenters. The number of hydrogen-bond donors (Lipinski definition) is 1. The van der Waals surface area contributed by atoms with E-state index < -0.39 is 0 Å². The Hall–Kier alpha value is -0.150.